The third kappa shape index (κ3) is 5.65. The highest BCUT2D eigenvalue weighted by Gasteiger charge is 2.44. The number of nitrogens with two attached hydrogens (primary N) is 1. The van der Waals surface area contributed by atoms with Gasteiger partial charge in [0.15, 0.2) is 0 Å². The number of para-hydroxylation sites is 2. The minimum absolute atomic E-state index is 0.0165. The van der Waals surface area contributed by atoms with Gasteiger partial charge in [-0.1, -0.05) is 48.0 Å². The number of sulfonamides is 1. The van der Waals surface area contributed by atoms with E-state index in [1.54, 1.807) is 6.07 Å². The number of halogens is 1. The molecule has 10 heteroatoms. The number of primary sulfonamides is 1. The first-order chi connectivity index (χ1) is 22.0. The lowest BCUT2D eigenvalue weighted by molar-refractivity contribution is 0.0606. The van der Waals surface area contributed by atoms with Gasteiger partial charge in [0.05, 0.1) is 16.1 Å². The van der Waals surface area contributed by atoms with Gasteiger partial charge in [0.1, 0.15) is 10.7 Å². The Morgan fingerprint density at radius 2 is 1.63 bits per heavy atom. The Morgan fingerprint density at radius 1 is 0.957 bits per heavy atom. The fourth-order valence-electron chi connectivity index (χ4n) is 8.79. The van der Waals surface area contributed by atoms with Crippen LogP contribution < -0.4 is 5.14 Å². The summed E-state index contributed by atoms with van der Waals surface area (Å²) in [4.78, 5) is 22.9. The molecule has 2 atom stereocenters. The number of benzene rings is 3. The van der Waals surface area contributed by atoms with E-state index in [0.717, 1.165) is 50.0 Å². The molecule has 0 spiro atoms. The van der Waals surface area contributed by atoms with Crippen molar-refractivity contribution in [1.82, 2.24) is 19.4 Å². The van der Waals surface area contributed by atoms with Crippen LogP contribution in [0.3, 0.4) is 0 Å². The first-order valence-electron chi connectivity index (χ1n) is 16.4. The van der Waals surface area contributed by atoms with Crippen molar-refractivity contribution >= 4 is 38.6 Å². The Labute approximate surface area is 276 Å². The van der Waals surface area contributed by atoms with Gasteiger partial charge in [0.25, 0.3) is 5.91 Å². The molecule has 0 saturated carbocycles. The number of aromatic nitrogens is 2. The summed E-state index contributed by atoms with van der Waals surface area (Å²) in [5.41, 5.74) is 5.26. The minimum atomic E-state index is -4.04. The van der Waals surface area contributed by atoms with Crippen LogP contribution in [0.15, 0.2) is 71.6 Å². The van der Waals surface area contributed by atoms with E-state index in [1.165, 1.54) is 41.6 Å². The first kappa shape index (κ1) is 31.4. The monoisotopic (exact) mass is 659 g/mol. The molecule has 242 valence electrons. The number of aryl methyl sites for hydroxylation is 2. The quantitative estimate of drug-likeness (QED) is 0.248. The Bertz CT molecular complexity index is 1880. The van der Waals surface area contributed by atoms with Crippen molar-refractivity contribution in [2.45, 2.75) is 87.2 Å². The van der Waals surface area contributed by atoms with Gasteiger partial charge in [-0.05, 0) is 107 Å². The summed E-state index contributed by atoms with van der Waals surface area (Å²) in [6, 6.07) is 23.1. The average Bonchev–Trinajstić information content (AvgIpc) is 3.50. The van der Waals surface area contributed by atoms with E-state index in [1.807, 2.05) is 4.90 Å². The normalized spacial score (nSPS) is 23.2. The van der Waals surface area contributed by atoms with E-state index in [-0.39, 0.29) is 26.8 Å². The number of hydrogen-bond donors (Lipinski definition) is 1. The molecule has 3 aliphatic rings. The maximum absolute atomic E-state index is 13.6. The smallest absolute Gasteiger partial charge is 0.253 e. The molecule has 3 saturated heterocycles. The Hall–Kier alpha value is -3.24. The lowest BCUT2D eigenvalue weighted by atomic mass is 9.69. The van der Waals surface area contributed by atoms with Crippen LogP contribution in [0.4, 0.5) is 0 Å². The number of likely N-dealkylation sites (tertiary alicyclic amines) is 1. The zero-order chi connectivity index (χ0) is 32.2. The topological polar surface area (TPSA) is 102 Å². The molecule has 1 aromatic heterocycles. The highest BCUT2D eigenvalue weighted by atomic mass is 35.5. The van der Waals surface area contributed by atoms with Crippen LogP contribution in [0.25, 0.3) is 11.0 Å². The van der Waals surface area contributed by atoms with Crippen molar-refractivity contribution in [2.75, 3.05) is 19.6 Å². The molecule has 3 fully saturated rings. The largest absolute Gasteiger partial charge is 0.339 e. The predicted molar refractivity (Wildman–Crippen MR) is 182 cm³/mol. The lowest BCUT2D eigenvalue weighted by Gasteiger charge is -2.46. The Balaban J connectivity index is 1.08. The molecule has 1 amide bonds. The molecular weight excluding hydrogens is 618 g/mol. The van der Waals surface area contributed by atoms with Gasteiger partial charge < -0.3 is 9.47 Å². The number of rotatable bonds is 7. The number of carbonyl (C=O) groups is 1. The Morgan fingerprint density at radius 3 is 2.33 bits per heavy atom. The van der Waals surface area contributed by atoms with E-state index in [9.17, 15) is 13.2 Å². The van der Waals surface area contributed by atoms with Crippen LogP contribution in [0, 0.1) is 13.8 Å². The van der Waals surface area contributed by atoms with Crippen molar-refractivity contribution in [3.63, 3.8) is 0 Å². The molecule has 7 rings (SSSR count). The molecule has 3 aromatic carbocycles. The highest BCUT2D eigenvalue weighted by molar-refractivity contribution is 7.89. The minimum Gasteiger partial charge on any atom is -0.339 e. The van der Waals surface area contributed by atoms with Crippen LogP contribution >= 0.6 is 11.6 Å². The molecule has 2 unspecified atom stereocenters. The number of amides is 1. The molecule has 3 aliphatic heterocycles. The molecule has 2 N–H and O–H groups in total. The molecular formula is C36H42ClN5O3S. The second kappa shape index (κ2) is 12.1. The maximum Gasteiger partial charge on any atom is 0.253 e. The van der Waals surface area contributed by atoms with Crippen LogP contribution in [-0.4, -0.2) is 65.4 Å². The zero-order valence-electron chi connectivity index (χ0n) is 26.5. The maximum atomic E-state index is 13.6. The second-order valence-electron chi connectivity index (χ2n) is 13.6. The number of imidazole rings is 1. The molecule has 0 radical (unpaired) electrons. The van der Waals surface area contributed by atoms with E-state index in [2.05, 4.69) is 71.8 Å². The second-order valence-corrected chi connectivity index (χ2v) is 15.5. The summed E-state index contributed by atoms with van der Waals surface area (Å²) in [7, 11) is -4.04. The van der Waals surface area contributed by atoms with Crippen LogP contribution in [0.5, 0.6) is 0 Å². The summed E-state index contributed by atoms with van der Waals surface area (Å²) >= 11 is 6.09. The van der Waals surface area contributed by atoms with E-state index in [4.69, 9.17) is 21.7 Å². The predicted octanol–water partition coefficient (Wildman–Crippen LogP) is 6.39. The lowest BCUT2D eigenvalue weighted by Crippen LogP contribution is -2.49. The Kier molecular flexibility index (Phi) is 8.24. The van der Waals surface area contributed by atoms with Crippen LogP contribution in [0.1, 0.15) is 78.3 Å². The fourth-order valence-corrected chi connectivity index (χ4v) is 9.86. The number of hydrogen-bond acceptors (Lipinski definition) is 5. The summed E-state index contributed by atoms with van der Waals surface area (Å²) in [6.45, 7) is 6.58. The molecule has 0 aliphatic carbocycles. The van der Waals surface area contributed by atoms with Gasteiger partial charge in [0.2, 0.25) is 10.0 Å². The van der Waals surface area contributed by atoms with Crippen LogP contribution in [0.2, 0.25) is 5.02 Å². The number of fused-ring (bicyclic) bond motifs is 3. The number of carbonyl (C=O) groups excluding carboxylic acids is 1. The van der Waals surface area contributed by atoms with Gasteiger partial charge in [-0.15, -0.1) is 0 Å². The van der Waals surface area contributed by atoms with Crippen molar-refractivity contribution in [1.29, 1.82) is 0 Å². The fraction of sp³-hybridized carbons (Fsp3) is 0.444. The van der Waals surface area contributed by atoms with Crippen molar-refractivity contribution < 1.29 is 13.2 Å². The molecule has 2 bridgehead atoms. The van der Waals surface area contributed by atoms with Crippen LogP contribution in [-0.2, 0) is 15.4 Å². The summed E-state index contributed by atoms with van der Waals surface area (Å²) in [5.74, 6) is 0.917. The number of nitrogens with zero attached hydrogens (tertiary/aromatic N) is 4. The molecule has 4 heterocycles. The van der Waals surface area contributed by atoms with Gasteiger partial charge in [-0.25, -0.2) is 18.5 Å². The van der Waals surface area contributed by atoms with Gasteiger partial charge >= 0.3 is 0 Å². The van der Waals surface area contributed by atoms with Gasteiger partial charge in [-0.2, -0.15) is 0 Å². The van der Waals surface area contributed by atoms with Gasteiger partial charge in [0, 0.05) is 42.2 Å². The summed E-state index contributed by atoms with van der Waals surface area (Å²) in [5, 5.41) is 5.37. The summed E-state index contributed by atoms with van der Waals surface area (Å²) in [6.07, 6.45) is 7.54. The van der Waals surface area contributed by atoms with E-state index < -0.39 is 10.0 Å². The highest BCUT2D eigenvalue weighted by Crippen LogP contribution is 2.45. The molecule has 8 nitrogen and oxygen atoms in total. The van der Waals surface area contributed by atoms with E-state index in [0.29, 0.717) is 31.2 Å². The number of piperidine rings is 2. The van der Waals surface area contributed by atoms with Crippen molar-refractivity contribution in [2.24, 2.45) is 5.14 Å². The van der Waals surface area contributed by atoms with E-state index >= 15 is 0 Å². The summed E-state index contributed by atoms with van der Waals surface area (Å²) < 4.78 is 26.6. The van der Waals surface area contributed by atoms with Crippen molar-refractivity contribution in [3.8, 4) is 0 Å². The molecule has 46 heavy (non-hydrogen) atoms. The average molecular weight is 660 g/mol. The third-order valence-electron chi connectivity index (χ3n) is 11.1. The zero-order valence-corrected chi connectivity index (χ0v) is 28.1. The SMILES string of the molecule is Cc1ccccc1C1(CCN2C3CCC2CC(n2c(C)nc4ccccc42)C3)CCN(C(=O)c2ccc(Cl)c(S(N)(=O)=O)c2)CC1. The van der Waals surface area contributed by atoms with Gasteiger partial charge in [-0.3, -0.25) is 9.69 Å². The third-order valence-corrected chi connectivity index (χ3v) is 12.4. The first-order valence-corrected chi connectivity index (χ1v) is 18.3. The standard InChI is InChI=1S/C36H42ClN5O3S/c1-24-7-3-4-8-30(24)36(15-18-40(19-16-36)35(43)26-11-14-31(37)34(21-26)46(38,44)45)17-20-41-27-12-13-28(41)23-29(22-27)42-25(2)39-32-9-5-6-10-33(32)42/h3-11,14,21,27-29H,12-13,15-20,22-23H2,1-2H3,(H2,38,44,45). The molecule has 4 aromatic rings. The van der Waals surface area contributed by atoms with Crippen molar-refractivity contribution in [3.05, 3.63) is 94.3 Å².